The van der Waals surface area contributed by atoms with Crippen LogP contribution in [0.5, 0.6) is 0 Å². The molecular weight excluding hydrogens is 220 g/mol. The summed E-state index contributed by atoms with van der Waals surface area (Å²) in [5, 5.41) is 0. The van der Waals surface area contributed by atoms with Crippen molar-refractivity contribution in [2.75, 3.05) is 13.1 Å². The highest BCUT2D eigenvalue weighted by atomic mass is 35.5. The highest BCUT2D eigenvalue weighted by molar-refractivity contribution is 5.85. The minimum absolute atomic E-state index is 0. The van der Waals surface area contributed by atoms with Gasteiger partial charge in [-0.25, -0.2) is 0 Å². The van der Waals surface area contributed by atoms with Crippen molar-refractivity contribution in [1.29, 1.82) is 0 Å². The van der Waals surface area contributed by atoms with Crippen molar-refractivity contribution in [3.8, 4) is 0 Å². The molecule has 2 nitrogen and oxygen atoms in total. The van der Waals surface area contributed by atoms with Gasteiger partial charge in [0.1, 0.15) is 0 Å². The summed E-state index contributed by atoms with van der Waals surface area (Å²) < 4.78 is 0. The maximum Gasteiger partial charge on any atom is 0.0237 e. The number of rotatable bonds is 2. The average molecular weight is 241 g/mol. The normalized spacial score (nSPS) is 20.8. The lowest BCUT2D eigenvalue weighted by molar-refractivity contribution is 0.326. The molecule has 1 fully saturated rings. The molecule has 0 aromatic heterocycles. The zero-order valence-electron chi connectivity index (χ0n) is 10.1. The molecule has 0 amide bonds. The monoisotopic (exact) mass is 240 g/mol. The number of halogens is 1. The van der Waals surface area contributed by atoms with Crippen LogP contribution in [0.25, 0.3) is 0 Å². The van der Waals surface area contributed by atoms with E-state index in [9.17, 15) is 0 Å². The maximum absolute atomic E-state index is 5.91. The molecule has 1 aromatic carbocycles. The number of aryl methyl sites for hydroxylation is 2. The van der Waals surface area contributed by atoms with E-state index in [1.165, 1.54) is 16.7 Å². The van der Waals surface area contributed by atoms with Gasteiger partial charge in [-0.3, -0.25) is 4.90 Å². The summed E-state index contributed by atoms with van der Waals surface area (Å²) in [6, 6.07) is 7.06. The van der Waals surface area contributed by atoms with Crippen molar-refractivity contribution >= 4 is 12.4 Å². The fourth-order valence-corrected chi connectivity index (χ4v) is 2.22. The highest BCUT2D eigenvalue weighted by Crippen LogP contribution is 2.16. The molecule has 90 valence electrons. The summed E-state index contributed by atoms with van der Waals surface area (Å²) in [6.07, 6.45) is 1.14. The second kappa shape index (κ2) is 5.67. The van der Waals surface area contributed by atoms with Crippen LogP contribution < -0.4 is 5.73 Å². The Morgan fingerprint density at radius 1 is 1.38 bits per heavy atom. The summed E-state index contributed by atoms with van der Waals surface area (Å²) in [5.41, 5.74) is 10.1. The molecule has 2 rings (SSSR count). The van der Waals surface area contributed by atoms with Gasteiger partial charge in [0, 0.05) is 25.7 Å². The van der Waals surface area contributed by atoms with Crippen molar-refractivity contribution in [3.05, 3.63) is 34.9 Å². The summed E-state index contributed by atoms with van der Waals surface area (Å²) >= 11 is 0. The molecule has 2 N–H and O–H groups in total. The van der Waals surface area contributed by atoms with E-state index in [4.69, 9.17) is 5.73 Å². The molecule has 1 aromatic rings. The van der Waals surface area contributed by atoms with Crippen LogP contribution in [-0.2, 0) is 6.54 Å². The largest absolute Gasteiger partial charge is 0.326 e. The first kappa shape index (κ1) is 13.5. The standard InChI is InChI=1S/C13H20N2.ClH/c1-10-3-4-11(2)12(7-10)8-15-6-5-13(14)9-15;/h3-4,7,13H,5-6,8-9,14H2,1-2H3;1H/t13-;/m1./s1. The Balaban J connectivity index is 0.00000128. The van der Waals surface area contributed by atoms with Crippen molar-refractivity contribution in [2.24, 2.45) is 5.73 Å². The third-order valence-corrected chi connectivity index (χ3v) is 3.21. The number of likely N-dealkylation sites (tertiary alicyclic amines) is 1. The summed E-state index contributed by atoms with van der Waals surface area (Å²) in [7, 11) is 0. The van der Waals surface area contributed by atoms with Crippen LogP contribution in [-0.4, -0.2) is 24.0 Å². The van der Waals surface area contributed by atoms with Crippen molar-refractivity contribution in [2.45, 2.75) is 32.9 Å². The molecule has 1 aliphatic heterocycles. The van der Waals surface area contributed by atoms with Crippen LogP contribution in [0.15, 0.2) is 18.2 Å². The average Bonchev–Trinajstić information content (AvgIpc) is 2.58. The number of hydrogen-bond acceptors (Lipinski definition) is 2. The lowest BCUT2D eigenvalue weighted by Gasteiger charge is -2.17. The van der Waals surface area contributed by atoms with Gasteiger partial charge in [-0.05, 0) is 31.4 Å². The van der Waals surface area contributed by atoms with E-state index >= 15 is 0 Å². The molecule has 16 heavy (non-hydrogen) atoms. The fourth-order valence-electron chi connectivity index (χ4n) is 2.22. The quantitative estimate of drug-likeness (QED) is 0.859. The van der Waals surface area contributed by atoms with Crippen LogP contribution in [0.2, 0.25) is 0 Å². The Bertz CT molecular complexity index is 352. The molecule has 0 aliphatic carbocycles. The van der Waals surface area contributed by atoms with Crippen molar-refractivity contribution in [3.63, 3.8) is 0 Å². The van der Waals surface area contributed by atoms with Crippen LogP contribution in [0.3, 0.4) is 0 Å². The van der Waals surface area contributed by atoms with Gasteiger partial charge >= 0.3 is 0 Å². The second-order valence-corrected chi connectivity index (χ2v) is 4.71. The Kier molecular flexibility index (Phi) is 4.78. The summed E-state index contributed by atoms with van der Waals surface area (Å²) in [6.45, 7) is 7.59. The van der Waals surface area contributed by atoms with Gasteiger partial charge in [0.2, 0.25) is 0 Å². The molecule has 0 bridgehead atoms. The van der Waals surface area contributed by atoms with E-state index in [-0.39, 0.29) is 12.4 Å². The molecule has 1 aliphatic rings. The zero-order valence-corrected chi connectivity index (χ0v) is 10.9. The Morgan fingerprint density at radius 2 is 2.12 bits per heavy atom. The van der Waals surface area contributed by atoms with Crippen LogP contribution in [0, 0.1) is 13.8 Å². The van der Waals surface area contributed by atoms with Crippen molar-refractivity contribution < 1.29 is 0 Å². The molecular formula is C13H21ClN2. The molecule has 1 atom stereocenters. The van der Waals surface area contributed by atoms with Crippen LogP contribution in [0.1, 0.15) is 23.1 Å². The Labute approximate surface area is 104 Å². The van der Waals surface area contributed by atoms with E-state index in [0.29, 0.717) is 6.04 Å². The second-order valence-electron chi connectivity index (χ2n) is 4.71. The van der Waals surface area contributed by atoms with E-state index in [2.05, 4.69) is 36.9 Å². The lowest BCUT2D eigenvalue weighted by Crippen LogP contribution is -2.26. The van der Waals surface area contributed by atoms with Gasteiger partial charge in [-0.15, -0.1) is 12.4 Å². The first-order valence-corrected chi connectivity index (χ1v) is 5.69. The number of nitrogens with zero attached hydrogens (tertiary/aromatic N) is 1. The molecule has 1 heterocycles. The predicted molar refractivity (Wildman–Crippen MR) is 71.0 cm³/mol. The van der Waals surface area contributed by atoms with E-state index < -0.39 is 0 Å². The first-order chi connectivity index (χ1) is 7.15. The van der Waals surface area contributed by atoms with Gasteiger partial charge in [0.25, 0.3) is 0 Å². The maximum atomic E-state index is 5.91. The summed E-state index contributed by atoms with van der Waals surface area (Å²) in [4.78, 5) is 2.45. The topological polar surface area (TPSA) is 29.3 Å². The molecule has 0 spiro atoms. The molecule has 0 unspecified atom stereocenters. The third kappa shape index (κ3) is 3.21. The smallest absolute Gasteiger partial charge is 0.0237 e. The van der Waals surface area contributed by atoms with Crippen LogP contribution in [0.4, 0.5) is 0 Å². The number of hydrogen-bond donors (Lipinski definition) is 1. The van der Waals surface area contributed by atoms with Crippen LogP contribution >= 0.6 is 12.4 Å². The first-order valence-electron chi connectivity index (χ1n) is 5.69. The number of benzene rings is 1. The molecule has 0 saturated carbocycles. The van der Waals surface area contributed by atoms with Gasteiger partial charge in [-0.2, -0.15) is 0 Å². The molecule has 0 radical (unpaired) electrons. The van der Waals surface area contributed by atoms with E-state index in [1.807, 2.05) is 0 Å². The minimum Gasteiger partial charge on any atom is -0.326 e. The number of nitrogens with two attached hydrogens (primary N) is 1. The minimum atomic E-state index is 0. The third-order valence-electron chi connectivity index (χ3n) is 3.21. The van der Waals surface area contributed by atoms with Gasteiger partial charge < -0.3 is 5.73 Å². The van der Waals surface area contributed by atoms with Gasteiger partial charge in [0.05, 0.1) is 0 Å². The molecule has 1 saturated heterocycles. The Morgan fingerprint density at radius 3 is 2.75 bits per heavy atom. The van der Waals surface area contributed by atoms with Gasteiger partial charge in [-0.1, -0.05) is 23.8 Å². The highest BCUT2D eigenvalue weighted by Gasteiger charge is 2.19. The van der Waals surface area contributed by atoms with E-state index in [1.54, 1.807) is 0 Å². The zero-order chi connectivity index (χ0) is 10.8. The fraction of sp³-hybridized carbons (Fsp3) is 0.538. The lowest BCUT2D eigenvalue weighted by atomic mass is 10.1. The predicted octanol–water partition coefficient (Wildman–Crippen LogP) is 2.26. The van der Waals surface area contributed by atoms with Gasteiger partial charge in [0.15, 0.2) is 0 Å². The summed E-state index contributed by atoms with van der Waals surface area (Å²) in [5.74, 6) is 0. The SMILES string of the molecule is Cc1ccc(C)c(CN2CC[C@@H](N)C2)c1.Cl. The van der Waals surface area contributed by atoms with Crippen molar-refractivity contribution in [1.82, 2.24) is 4.90 Å². The van der Waals surface area contributed by atoms with E-state index in [0.717, 1.165) is 26.1 Å². The Hall–Kier alpha value is -0.570. The molecule has 3 heteroatoms.